The third-order valence-electron chi connectivity index (χ3n) is 2.86. The van der Waals surface area contributed by atoms with Crippen LogP contribution < -0.4 is 19.7 Å². The Morgan fingerprint density at radius 3 is 2.53 bits per heavy atom. The third kappa shape index (κ3) is 2.13. The van der Waals surface area contributed by atoms with Crippen molar-refractivity contribution in [1.82, 2.24) is 0 Å². The largest absolute Gasteiger partial charge is 0.493 e. The number of benzene rings is 1. The zero-order valence-electron chi connectivity index (χ0n) is 10.2. The van der Waals surface area contributed by atoms with Crippen molar-refractivity contribution < 1.29 is 14.3 Å². The molecule has 0 saturated heterocycles. The van der Waals surface area contributed by atoms with Gasteiger partial charge in [0.1, 0.15) is 0 Å². The molecule has 0 unspecified atom stereocenters. The number of anilines is 2. The van der Waals surface area contributed by atoms with Gasteiger partial charge in [0, 0.05) is 32.1 Å². The van der Waals surface area contributed by atoms with Crippen LogP contribution in [-0.4, -0.2) is 33.7 Å². The van der Waals surface area contributed by atoms with Crippen LogP contribution in [0.15, 0.2) is 12.1 Å². The molecule has 1 amide bonds. The molecule has 1 aliphatic heterocycles. The summed E-state index contributed by atoms with van der Waals surface area (Å²) in [5.41, 5.74) is 1.70. The minimum absolute atomic E-state index is 0.0165. The van der Waals surface area contributed by atoms with Crippen molar-refractivity contribution in [3.63, 3.8) is 0 Å². The Labute approximate surface area is 100 Å². The maximum atomic E-state index is 11.5. The number of methoxy groups -OCH3 is 2. The Morgan fingerprint density at radius 1 is 1.24 bits per heavy atom. The van der Waals surface area contributed by atoms with Crippen LogP contribution in [0, 0.1) is 0 Å². The smallest absolute Gasteiger partial charge is 0.226 e. The first-order chi connectivity index (χ1) is 8.15. The molecule has 0 aliphatic carbocycles. The van der Waals surface area contributed by atoms with Crippen LogP contribution in [-0.2, 0) is 4.79 Å². The second-order valence-corrected chi connectivity index (χ2v) is 3.94. The summed E-state index contributed by atoms with van der Waals surface area (Å²) >= 11 is 0. The molecule has 1 heterocycles. The highest BCUT2D eigenvalue weighted by Crippen LogP contribution is 2.38. The molecule has 0 atom stereocenters. The molecule has 0 bridgehead atoms. The van der Waals surface area contributed by atoms with Crippen molar-refractivity contribution >= 4 is 17.3 Å². The molecule has 1 aromatic carbocycles. The molecule has 0 saturated carbocycles. The molecule has 0 spiro atoms. The number of carbonyl (C=O) groups is 1. The first kappa shape index (κ1) is 11.6. The van der Waals surface area contributed by atoms with E-state index in [0.717, 1.165) is 11.4 Å². The quantitative estimate of drug-likeness (QED) is 0.845. The number of hydrogen-bond donors (Lipinski definition) is 1. The average molecular weight is 236 g/mol. The maximum Gasteiger partial charge on any atom is 0.226 e. The van der Waals surface area contributed by atoms with Crippen LogP contribution in [0.2, 0.25) is 0 Å². The monoisotopic (exact) mass is 236 g/mol. The minimum atomic E-state index is 0.0165. The van der Waals surface area contributed by atoms with Gasteiger partial charge in [0.2, 0.25) is 5.91 Å². The van der Waals surface area contributed by atoms with Crippen molar-refractivity contribution in [3.8, 4) is 11.5 Å². The Kier molecular flexibility index (Phi) is 3.08. The van der Waals surface area contributed by atoms with Crippen LogP contribution >= 0.6 is 0 Å². The number of carbonyl (C=O) groups excluding carboxylic acids is 1. The van der Waals surface area contributed by atoms with Gasteiger partial charge in [-0.05, 0) is 0 Å². The van der Waals surface area contributed by atoms with E-state index in [-0.39, 0.29) is 5.91 Å². The van der Waals surface area contributed by atoms with Gasteiger partial charge in [-0.1, -0.05) is 0 Å². The zero-order valence-corrected chi connectivity index (χ0v) is 10.2. The molecule has 0 aromatic heterocycles. The Balaban J connectivity index is 2.51. The number of nitrogens with one attached hydrogen (secondary N) is 1. The van der Waals surface area contributed by atoms with Gasteiger partial charge in [0.25, 0.3) is 0 Å². The van der Waals surface area contributed by atoms with E-state index in [4.69, 9.17) is 9.47 Å². The van der Waals surface area contributed by atoms with E-state index in [1.54, 1.807) is 20.3 Å². The summed E-state index contributed by atoms with van der Waals surface area (Å²) in [5.74, 6) is 1.29. The van der Waals surface area contributed by atoms with Crippen molar-refractivity contribution in [1.29, 1.82) is 0 Å². The molecule has 92 valence electrons. The van der Waals surface area contributed by atoms with E-state index in [2.05, 4.69) is 5.32 Å². The highest BCUT2D eigenvalue weighted by Gasteiger charge is 2.19. The number of fused-ring (bicyclic) bond motifs is 1. The third-order valence-corrected chi connectivity index (χ3v) is 2.86. The highest BCUT2D eigenvalue weighted by atomic mass is 16.5. The average Bonchev–Trinajstić information content (AvgIpc) is 2.47. The normalized spacial score (nSPS) is 14.8. The second-order valence-electron chi connectivity index (χ2n) is 3.94. The summed E-state index contributed by atoms with van der Waals surface area (Å²) in [7, 11) is 5.12. The van der Waals surface area contributed by atoms with Crippen LogP contribution in [0.5, 0.6) is 11.5 Å². The van der Waals surface area contributed by atoms with E-state index in [1.165, 1.54) is 0 Å². The lowest BCUT2D eigenvalue weighted by Gasteiger charge is -2.20. The zero-order chi connectivity index (χ0) is 12.4. The highest BCUT2D eigenvalue weighted by molar-refractivity contribution is 5.97. The van der Waals surface area contributed by atoms with Gasteiger partial charge in [-0.15, -0.1) is 0 Å². The molecule has 1 N–H and O–H groups in total. The summed E-state index contributed by atoms with van der Waals surface area (Å²) in [6, 6.07) is 3.66. The number of ether oxygens (including phenoxy) is 2. The lowest BCUT2D eigenvalue weighted by molar-refractivity contribution is -0.115. The topological polar surface area (TPSA) is 50.8 Å². The molecular weight excluding hydrogens is 220 g/mol. The summed E-state index contributed by atoms with van der Waals surface area (Å²) in [4.78, 5) is 13.6. The van der Waals surface area contributed by atoms with Gasteiger partial charge in [0.15, 0.2) is 11.5 Å². The maximum absolute atomic E-state index is 11.5. The van der Waals surface area contributed by atoms with E-state index in [9.17, 15) is 4.79 Å². The SMILES string of the molecule is COc1cc2c(cc1OC)N(C)CCC(=O)N2. The van der Waals surface area contributed by atoms with Crippen molar-refractivity contribution in [2.24, 2.45) is 0 Å². The summed E-state index contributed by atoms with van der Waals surface area (Å²) in [5, 5.41) is 2.86. The first-order valence-electron chi connectivity index (χ1n) is 5.42. The van der Waals surface area contributed by atoms with Crippen LogP contribution in [0.1, 0.15) is 6.42 Å². The Bertz CT molecular complexity index is 446. The lowest BCUT2D eigenvalue weighted by Crippen LogP contribution is -2.18. The van der Waals surface area contributed by atoms with Crippen LogP contribution in [0.4, 0.5) is 11.4 Å². The molecule has 1 aliphatic rings. The molecule has 2 rings (SSSR count). The van der Waals surface area contributed by atoms with E-state index in [1.807, 2.05) is 18.0 Å². The molecule has 5 heteroatoms. The van der Waals surface area contributed by atoms with Crippen molar-refractivity contribution in [3.05, 3.63) is 12.1 Å². The Hall–Kier alpha value is -1.91. The molecule has 1 aromatic rings. The molecule has 0 fully saturated rings. The Morgan fingerprint density at radius 2 is 1.88 bits per heavy atom. The van der Waals surface area contributed by atoms with Gasteiger partial charge >= 0.3 is 0 Å². The van der Waals surface area contributed by atoms with Crippen molar-refractivity contribution in [2.45, 2.75) is 6.42 Å². The predicted octanol–water partition coefficient (Wildman–Crippen LogP) is 1.48. The number of amides is 1. The van der Waals surface area contributed by atoms with E-state index < -0.39 is 0 Å². The van der Waals surface area contributed by atoms with E-state index >= 15 is 0 Å². The fourth-order valence-electron chi connectivity index (χ4n) is 1.89. The fourth-order valence-corrected chi connectivity index (χ4v) is 1.89. The van der Waals surface area contributed by atoms with Gasteiger partial charge < -0.3 is 19.7 Å². The number of hydrogen-bond acceptors (Lipinski definition) is 4. The van der Waals surface area contributed by atoms with Gasteiger partial charge in [0.05, 0.1) is 25.6 Å². The fraction of sp³-hybridized carbons (Fsp3) is 0.417. The van der Waals surface area contributed by atoms with Crippen LogP contribution in [0.3, 0.4) is 0 Å². The molecular formula is C12H16N2O3. The first-order valence-corrected chi connectivity index (χ1v) is 5.42. The second kappa shape index (κ2) is 4.53. The minimum Gasteiger partial charge on any atom is -0.493 e. The summed E-state index contributed by atoms with van der Waals surface area (Å²) < 4.78 is 10.5. The predicted molar refractivity (Wildman–Crippen MR) is 66.1 cm³/mol. The van der Waals surface area contributed by atoms with Crippen molar-refractivity contribution in [2.75, 3.05) is 38.0 Å². The van der Waals surface area contributed by atoms with E-state index in [0.29, 0.717) is 24.5 Å². The van der Waals surface area contributed by atoms with Crippen LogP contribution in [0.25, 0.3) is 0 Å². The standard InChI is InChI=1S/C12H16N2O3/c1-14-5-4-12(15)13-8-6-10(16-2)11(17-3)7-9(8)14/h6-7H,4-5H2,1-3H3,(H,13,15). The molecule has 5 nitrogen and oxygen atoms in total. The summed E-state index contributed by atoms with van der Waals surface area (Å²) in [6.07, 6.45) is 0.482. The van der Waals surface area contributed by atoms with Gasteiger partial charge in [-0.2, -0.15) is 0 Å². The number of rotatable bonds is 2. The molecule has 0 radical (unpaired) electrons. The van der Waals surface area contributed by atoms with Gasteiger partial charge in [-0.3, -0.25) is 4.79 Å². The molecule has 17 heavy (non-hydrogen) atoms. The number of nitrogens with zero attached hydrogens (tertiary/aromatic N) is 1. The lowest BCUT2D eigenvalue weighted by atomic mass is 10.2. The summed E-state index contributed by atoms with van der Waals surface area (Å²) in [6.45, 7) is 0.689. The van der Waals surface area contributed by atoms with Gasteiger partial charge in [-0.25, -0.2) is 0 Å².